The third kappa shape index (κ3) is 4.50. The maximum absolute atomic E-state index is 13.7. The summed E-state index contributed by atoms with van der Waals surface area (Å²) in [7, 11) is 1.63. The lowest BCUT2D eigenvalue weighted by atomic mass is 9.99. The predicted octanol–water partition coefficient (Wildman–Crippen LogP) is 0.0911. The van der Waals surface area contributed by atoms with Gasteiger partial charge in [0.2, 0.25) is 0 Å². The van der Waals surface area contributed by atoms with Gasteiger partial charge >= 0.3 is 0 Å². The van der Waals surface area contributed by atoms with E-state index in [4.69, 9.17) is 4.74 Å². The van der Waals surface area contributed by atoms with Crippen LogP contribution in [-0.2, 0) is 24.3 Å². The van der Waals surface area contributed by atoms with Crippen LogP contribution in [0.15, 0.2) is 42.5 Å². The highest BCUT2D eigenvalue weighted by molar-refractivity contribution is 5.80. The Kier molecular flexibility index (Phi) is 6.35. The number of hydrogen-bond donors (Lipinski definition) is 2. The van der Waals surface area contributed by atoms with Crippen molar-refractivity contribution >= 4 is 5.91 Å². The quantitative estimate of drug-likeness (QED) is 0.730. The topological polar surface area (TPSA) is 38.4 Å². The third-order valence-electron chi connectivity index (χ3n) is 6.71. The molecule has 0 aliphatic carbocycles. The number of nitrogens with one attached hydrogen (secondary N) is 2. The van der Waals surface area contributed by atoms with E-state index in [0.29, 0.717) is 0 Å². The molecule has 6 heteroatoms. The van der Waals surface area contributed by atoms with E-state index < -0.39 is 0 Å². The van der Waals surface area contributed by atoms with Crippen LogP contribution in [0.5, 0.6) is 5.75 Å². The Balaban J connectivity index is 1.32. The molecule has 160 valence electrons. The second kappa shape index (κ2) is 9.14. The number of nitrogens with zero attached hydrogens (tertiary/aromatic N) is 1. The molecule has 0 saturated carbocycles. The molecule has 1 amide bonds. The van der Waals surface area contributed by atoms with Crippen LogP contribution in [0.3, 0.4) is 0 Å². The van der Waals surface area contributed by atoms with Crippen molar-refractivity contribution in [3.8, 4) is 5.75 Å². The van der Waals surface area contributed by atoms with Crippen molar-refractivity contribution in [2.45, 2.75) is 32.5 Å². The molecule has 30 heavy (non-hydrogen) atoms. The van der Waals surface area contributed by atoms with Crippen LogP contribution in [-0.4, -0.2) is 56.7 Å². The van der Waals surface area contributed by atoms with E-state index in [1.165, 1.54) is 27.0 Å². The van der Waals surface area contributed by atoms with Crippen molar-refractivity contribution in [3.05, 3.63) is 65.0 Å². The Morgan fingerprint density at radius 2 is 1.87 bits per heavy atom. The van der Waals surface area contributed by atoms with Crippen molar-refractivity contribution in [1.82, 2.24) is 4.90 Å². The molecule has 0 spiro atoms. The number of halogens is 1. The van der Waals surface area contributed by atoms with Gasteiger partial charge in [0, 0.05) is 13.1 Å². The summed E-state index contributed by atoms with van der Waals surface area (Å²) in [5, 5.41) is 0. The Bertz CT molecular complexity index is 896. The summed E-state index contributed by atoms with van der Waals surface area (Å²) in [5.74, 6) is 0.777. The highest BCUT2D eigenvalue weighted by Gasteiger charge is 2.34. The number of carbonyl (C=O) groups is 1. The summed E-state index contributed by atoms with van der Waals surface area (Å²) < 4.78 is 19.0. The molecule has 4 rings (SSSR count). The fourth-order valence-electron chi connectivity index (χ4n) is 4.82. The van der Waals surface area contributed by atoms with Gasteiger partial charge in [-0.2, -0.15) is 0 Å². The number of rotatable bonds is 5. The second-order valence-electron chi connectivity index (χ2n) is 8.54. The Labute approximate surface area is 178 Å². The number of amides is 1. The number of methoxy groups -OCH3 is 1. The van der Waals surface area contributed by atoms with E-state index in [-0.39, 0.29) is 17.8 Å². The van der Waals surface area contributed by atoms with Gasteiger partial charge in [-0.25, -0.2) is 4.39 Å². The second-order valence-corrected chi connectivity index (χ2v) is 8.54. The Morgan fingerprint density at radius 1 is 1.13 bits per heavy atom. The first kappa shape index (κ1) is 20.8. The zero-order chi connectivity index (χ0) is 21.1. The van der Waals surface area contributed by atoms with Gasteiger partial charge in [-0.05, 0) is 42.7 Å². The van der Waals surface area contributed by atoms with Crippen molar-refractivity contribution in [2.24, 2.45) is 0 Å². The molecule has 1 saturated heterocycles. The lowest BCUT2D eigenvalue weighted by molar-refractivity contribution is -1.02. The molecule has 2 N–H and O–H groups in total. The molecular weight excluding hydrogens is 381 g/mol. The highest BCUT2D eigenvalue weighted by Crippen LogP contribution is 2.19. The molecule has 2 aromatic rings. The summed E-state index contributed by atoms with van der Waals surface area (Å²) in [4.78, 5) is 17.9. The van der Waals surface area contributed by atoms with Crippen LogP contribution < -0.4 is 14.5 Å². The predicted molar refractivity (Wildman–Crippen MR) is 113 cm³/mol. The number of benzene rings is 2. The fraction of sp³-hybridized carbons (Fsp3) is 0.458. The number of hydrogen-bond acceptors (Lipinski definition) is 2. The van der Waals surface area contributed by atoms with Crippen LogP contribution in [0.4, 0.5) is 4.39 Å². The molecular formula is C24H32FN3O2+2. The lowest BCUT2D eigenvalue weighted by Gasteiger charge is -2.36. The standard InChI is InChI=1S/C24H30FN3O2/c1-18(24(29)28-10-9-19-5-3-4-6-20(19)17-28)27-13-11-26(12-14-27)16-21-15-22(25)7-8-23(21)30-2/h3-8,15,18H,9-14,16-17H2,1-2H3/p+2/t18-/m0/s1. The number of fused-ring (bicyclic) bond motifs is 1. The smallest absolute Gasteiger partial charge is 0.280 e. The third-order valence-corrected chi connectivity index (χ3v) is 6.71. The zero-order valence-electron chi connectivity index (χ0n) is 17.9. The Hall–Kier alpha value is -2.44. The Morgan fingerprint density at radius 3 is 2.60 bits per heavy atom. The first-order chi connectivity index (χ1) is 14.5. The van der Waals surface area contributed by atoms with E-state index in [1.807, 2.05) is 4.90 Å². The summed E-state index contributed by atoms with van der Waals surface area (Å²) in [6.45, 7) is 8.19. The molecule has 2 aromatic carbocycles. The van der Waals surface area contributed by atoms with Crippen LogP contribution in [0.1, 0.15) is 23.6 Å². The van der Waals surface area contributed by atoms with Crippen molar-refractivity contribution in [3.63, 3.8) is 0 Å². The van der Waals surface area contributed by atoms with Gasteiger partial charge in [0.1, 0.15) is 44.3 Å². The molecule has 0 unspecified atom stereocenters. The number of piperazine rings is 1. The normalized spacial score (nSPS) is 22.3. The van der Waals surface area contributed by atoms with Gasteiger partial charge in [0.15, 0.2) is 6.04 Å². The van der Waals surface area contributed by atoms with E-state index in [2.05, 4.69) is 31.2 Å². The van der Waals surface area contributed by atoms with E-state index in [9.17, 15) is 9.18 Å². The summed E-state index contributed by atoms with van der Waals surface area (Å²) >= 11 is 0. The minimum atomic E-state index is -0.225. The van der Waals surface area contributed by atoms with Gasteiger partial charge in [-0.3, -0.25) is 4.79 Å². The van der Waals surface area contributed by atoms with Crippen molar-refractivity contribution in [1.29, 1.82) is 0 Å². The zero-order valence-corrected chi connectivity index (χ0v) is 17.9. The number of carbonyl (C=O) groups excluding carboxylic acids is 1. The van der Waals surface area contributed by atoms with Crippen LogP contribution >= 0.6 is 0 Å². The SMILES string of the molecule is COc1ccc(F)cc1C[NH+]1CC[NH+]([C@@H](C)C(=O)N2CCc3ccccc3C2)CC1. The summed E-state index contributed by atoms with van der Waals surface area (Å²) in [6, 6.07) is 13.1. The van der Waals surface area contributed by atoms with E-state index >= 15 is 0 Å². The van der Waals surface area contributed by atoms with E-state index in [1.54, 1.807) is 19.2 Å². The molecule has 2 aliphatic rings. The number of ether oxygens (including phenoxy) is 1. The summed E-state index contributed by atoms with van der Waals surface area (Å²) in [5.41, 5.74) is 3.55. The van der Waals surface area contributed by atoms with Gasteiger partial charge in [-0.15, -0.1) is 0 Å². The first-order valence-corrected chi connectivity index (χ1v) is 10.9. The van der Waals surface area contributed by atoms with Crippen molar-refractivity contribution in [2.75, 3.05) is 39.8 Å². The maximum Gasteiger partial charge on any atom is 0.280 e. The van der Waals surface area contributed by atoms with Gasteiger partial charge < -0.3 is 19.4 Å². The van der Waals surface area contributed by atoms with Crippen molar-refractivity contribution < 1.29 is 23.7 Å². The molecule has 5 nitrogen and oxygen atoms in total. The average Bonchev–Trinajstić information content (AvgIpc) is 2.78. The van der Waals surface area contributed by atoms with Crippen LogP contribution in [0.2, 0.25) is 0 Å². The monoisotopic (exact) mass is 413 g/mol. The first-order valence-electron chi connectivity index (χ1n) is 10.9. The minimum Gasteiger partial charge on any atom is -0.496 e. The fourth-order valence-corrected chi connectivity index (χ4v) is 4.82. The van der Waals surface area contributed by atoms with Crippen LogP contribution in [0, 0.1) is 5.82 Å². The summed E-state index contributed by atoms with van der Waals surface area (Å²) in [6.07, 6.45) is 0.942. The molecule has 0 radical (unpaired) electrons. The molecule has 1 atom stereocenters. The highest BCUT2D eigenvalue weighted by atomic mass is 19.1. The van der Waals surface area contributed by atoms with Gasteiger partial charge in [0.05, 0.1) is 12.7 Å². The largest absolute Gasteiger partial charge is 0.496 e. The maximum atomic E-state index is 13.7. The molecule has 2 heterocycles. The molecule has 0 bridgehead atoms. The number of quaternary nitrogens is 2. The average molecular weight is 414 g/mol. The van der Waals surface area contributed by atoms with E-state index in [0.717, 1.165) is 63.5 Å². The van der Waals surface area contributed by atoms with Gasteiger partial charge in [-0.1, -0.05) is 24.3 Å². The molecule has 1 fully saturated rings. The minimum absolute atomic E-state index is 0.0273. The molecule has 0 aromatic heterocycles. The molecule has 2 aliphatic heterocycles. The van der Waals surface area contributed by atoms with Crippen LogP contribution in [0.25, 0.3) is 0 Å². The lowest BCUT2D eigenvalue weighted by Crippen LogP contribution is -3.29. The van der Waals surface area contributed by atoms with Gasteiger partial charge in [0.25, 0.3) is 5.91 Å².